The molecule has 31 heavy (non-hydrogen) atoms. The summed E-state index contributed by atoms with van der Waals surface area (Å²) in [5.74, 6) is -0.362. The molecule has 2 aromatic carbocycles. The van der Waals surface area contributed by atoms with Crippen LogP contribution in [-0.4, -0.2) is 42.9 Å². The molecule has 164 valence electrons. The summed E-state index contributed by atoms with van der Waals surface area (Å²) in [5.41, 5.74) is 8.60. The molecule has 0 aliphatic heterocycles. The number of anilines is 1. The van der Waals surface area contributed by atoms with Gasteiger partial charge in [-0.1, -0.05) is 29.8 Å². The molecule has 7 nitrogen and oxygen atoms in total. The van der Waals surface area contributed by atoms with Gasteiger partial charge >= 0.3 is 0 Å². The molecule has 3 aromatic rings. The fourth-order valence-electron chi connectivity index (χ4n) is 3.33. The second-order valence-electron chi connectivity index (χ2n) is 7.29. The third kappa shape index (κ3) is 5.16. The second-order valence-corrected chi connectivity index (χ2v) is 9.71. The number of rotatable bonds is 7. The van der Waals surface area contributed by atoms with Gasteiger partial charge in [-0.25, -0.2) is 8.42 Å². The van der Waals surface area contributed by atoms with Crippen molar-refractivity contribution in [1.82, 2.24) is 4.57 Å². The first-order valence-electron chi connectivity index (χ1n) is 9.56. The van der Waals surface area contributed by atoms with Gasteiger partial charge in [0, 0.05) is 41.8 Å². The van der Waals surface area contributed by atoms with Crippen LogP contribution in [-0.2, 0) is 16.4 Å². The molecule has 0 aliphatic carbocycles. The molecule has 4 N–H and O–H groups in total. The van der Waals surface area contributed by atoms with E-state index in [-0.39, 0.29) is 23.9 Å². The molecule has 0 radical (unpaired) electrons. The van der Waals surface area contributed by atoms with Crippen molar-refractivity contribution in [2.45, 2.75) is 24.5 Å². The third-order valence-electron chi connectivity index (χ3n) is 4.92. The van der Waals surface area contributed by atoms with Crippen LogP contribution in [0.1, 0.15) is 15.9 Å². The SMILES string of the molecule is Cc1c(C(=O)Nc2ccc(S(C)(=O)=O)cc2)cn(CC(O)CN)c1-c1ccccc1Cl. The molecule has 0 aliphatic rings. The number of aliphatic hydroxyl groups is 1. The highest BCUT2D eigenvalue weighted by molar-refractivity contribution is 7.90. The normalized spacial score (nSPS) is 12.5. The van der Waals surface area contributed by atoms with Gasteiger partial charge in [0.2, 0.25) is 0 Å². The summed E-state index contributed by atoms with van der Waals surface area (Å²) in [7, 11) is -3.32. The van der Waals surface area contributed by atoms with E-state index in [9.17, 15) is 18.3 Å². The molecule has 1 atom stereocenters. The van der Waals surface area contributed by atoms with E-state index in [1.807, 2.05) is 25.1 Å². The van der Waals surface area contributed by atoms with Crippen molar-refractivity contribution in [1.29, 1.82) is 0 Å². The van der Waals surface area contributed by atoms with Gasteiger partial charge in [-0.05, 0) is 42.8 Å². The zero-order chi connectivity index (χ0) is 22.8. The zero-order valence-electron chi connectivity index (χ0n) is 17.2. The van der Waals surface area contributed by atoms with Crippen LogP contribution in [0, 0.1) is 6.92 Å². The van der Waals surface area contributed by atoms with E-state index in [1.54, 1.807) is 16.8 Å². The van der Waals surface area contributed by atoms with Gasteiger partial charge in [-0.15, -0.1) is 0 Å². The summed E-state index contributed by atoms with van der Waals surface area (Å²) in [6.45, 7) is 2.09. The topological polar surface area (TPSA) is 114 Å². The molecule has 0 saturated carbocycles. The highest BCUT2D eigenvalue weighted by Crippen LogP contribution is 2.33. The van der Waals surface area contributed by atoms with Crippen LogP contribution in [0.5, 0.6) is 0 Å². The maximum atomic E-state index is 13.0. The summed E-state index contributed by atoms with van der Waals surface area (Å²) in [5, 5.41) is 13.4. The number of halogens is 1. The molecule has 0 spiro atoms. The number of hydrogen-bond acceptors (Lipinski definition) is 5. The molecule has 0 fully saturated rings. The van der Waals surface area contributed by atoms with Crippen molar-refractivity contribution in [3.05, 3.63) is 70.9 Å². The molecule has 1 aromatic heterocycles. The van der Waals surface area contributed by atoms with Gasteiger partial charge < -0.3 is 20.7 Å². The minimum absolute atomic E-state index is 0.0768. The predicted molar refractivity (Wildman–Crippen MR) is 122 cm³/mol. The van der Waals surface area contributed by atoms with E-state index >= 15 is 0 Å². The van der Waals surface area contributed by atoms with Gasteiger partial charge in [0.25, 0.3) is 5.91 Å². The lowest BCUT2D eigenvalue weighted by Crippen LogP contribution is -2.25. The number of carbonyl (C=O) groups is 1. The van der Waals surface area contributed by atoms with Crippen LogP contribution >= 0.6 is 11.6 Å². The first-order chi connectivity index (χ1) is 14.6. The lowest BCUT2D eigenvalue weighted by Gasteiger charge is -2.14. The molecule has 1 unspecified atom stereocenters. The van der Waals surface area contributed by atoms with Crippen molar-refractivity contribution in [2.24, 2.45) is 5.73 Å². The summed E-state index contributed by atoms with van der Waals surface area (Å²) >= 11 is 6.39. The first-order valence-corrected chi connectivity index (χ1v) is 11.8. The standard InChI is InChI=1S/C22H24ClN3O4S/c1-14-19(22(28)25-15-7-9-17(10-8-15)31(2,29)30)13-26(12-16(27)11-24)21(14)18-5-3-4-6-20(18)23/h3-10,13,16,27H,11-12,24H2,1-2H3,(H,25,28). The summed E-state index contributed by atoms with van der Waals surface area (Å²) in [6, 6.07) is 13.2. The minimum atomic E-state index is -3.32. The maximum Gasteiger partial charge on any atom is 0.257 e. The van der Waals surface area contributed by atoms with Crippen LogP contribution < -0.4 is 11.1 Å². The Morgan fingerprint density at radius 2 is 1.84 bits per heavy atom. The number of benzene rings is 2. The Kier molecular flexibility index (Phi) is 6.86. The average Bonchev–Trinajstić information content (AvgIpc) is 3.04. The number of hydrogen-bond donors (Lipinski definition) is 3. The Balaban J connectivity index is 1.98. The molecular weight excluding hydrogens is 438 g/mol. The number of nitrogens with one attached hydrogen (secondary N) is 1. The van der Waals surface area contributed by atoms with Crippen LogP contribution in [0.4, 0.5) is 5.69 Å². The summed E-state index contributed by atoms with van der Waals surface area (Å²) < 4.78 is 25.0. The van der Waals surface area contributed by atoms with Crippen LogP contribution in [0.15, 0.2) is 59.6 Å². The lowest BCUT2D eigenvalue weighted by molar-refractivity contribution is 0.102. The number of amides is 1. The number of carbonyl (C=O) groups excluding carboxylic acids is 1. The minimum Gasteiger partial charge on any atom is -0.390 e. The lowest BCUT2D eigenvalue weighted by atomic mass is 10.1. The second kappa shape index (κ2) is 9.23. The predicted octanol–water partition coefficient (Wildman–Crippen LogP) is 3.09. The number of sulfone groups is 1. The fourth-order valence-corrected chi connectivity index (χ4v) is 4.18. The molecular formula is C22H24ClN3O4S. The van der Waals surface area contributed by atoms with Crippen LogP contribution in [0.2, 0.25) is 5.02 Å². The zero-order valence-corrected chi connectivity index (χ0v) is 18.7. The molecule has 0 saturated heterocycles. The van der Waals surface area contributed by atoms with Crippen LogP contribution in [0.3, 0.4) is 0 Å². The summed E-state index contributed by atoms with van der Waals surface area (Å²) in [4.78, 5) is 13.2. The maximum absolute atomic E-state index is 13.0. The molecule has 9 heteroatoms. The van der Waals surface area contributed by atoms with E-state index in [2.05, 4.69) is 5.32 Å². The number of nitrogens with zero attached hydrogens (tertiary/aromatic N) is 1. The van der Waals surface area contributed by atoms with E-state index < -0.39 is 15.9 Å². The molecule has 1 heterocycles. The van der Waals surface area contributed by atoms with Crippen molar-refractivity contribution < 1.29 is 18.3 Å². The number of aromatic nitrogens is 1. The van der Waals surface area contributed by atoms with Crippen molar-refractivity contribution in [3.63, 3.8) is 0 Å². The molecule has 0 bridgehead atoms. The third-order valence-corrected chi connectivity index (χ3v) is 6.38. The van der Waals surface area contributed by atoms with Gasteiger partial charge in [0.1, 0.15) is 0 Å². The smallest absolute Gasteiger partial charge is 0.257 e. The van der Waals surface area contributed by atoms with Crippen molar-refractivity contribution >= 4 is 33.0 Å². The molecule has 3 rings (SSSR count). The fraction of sp³-hybridized carbons (Fsp3) is 0.227. The van der Waals surface area contributed by atoms with E-state index in [0.717, 1.165) is 17.5 Å². The van der Waals surface area contributed by atoms with E-state index in [4.69, 9.17) is 17.3 Å². The largest absolute Gasteiger partial charge is 0.390 e. The average molecular weight is 462 g/mol. The molecule has 1 amide bonds. The van der Waals surface area contributed by atoms with Gasteiger partial charge in [0.05, 0.1) is 22.3 Å². The van der Waals surface area contributed by atoms with Gasteiger partial charge in [-0.3, -0.25) is 4.79 Å². The first kappa shape index (κ1) is 23.0. The van der Waals surface area contributed by atoms with Crippen molar-refractivity contribution in [2.75, 3.05) is 18.1 Å². The van der Waals surface area contributed by atoms with Gasteiger partial charge in [-0.2, -0.15) is 0 Å². The highest BCUT2D eigenvalue weighted by Gasteiger charge is 2.22. The van der Waals surface area contributed by atoms with E-state index in [1.165, 1.54) is 24.3 Å². The number of nitrogens with two attached hydrogens (primary N) is 1. The monoisotopic (exact) mass is 461 g/mol. The number of aliphatic hydroxyl groups excluding tert-OH is 1. The van der Waals surface area contributed by atoms with Gasteiger partial charge in [0.15, 0.2) is 9.84 Å². The highest BCUT2D eigenvalue weighted by atomic mass is 35.5. The Hall–Kier alpha value is -2.65. The Morgan fingerprint density at radius 3 is 2.42 bits per heavy atom. The van der Waals surface area contributed by atoms with Crippen LogP contribution in [0.25, 0.3) is 11.3 Å². The Morgan fingerprint density at radius 1 is 1.19 bits per heavy atom. The Labute approximate surface area is 186 Å². The summed E-state index contributed by atoms with van der Waals surface area (Å²) in [6.07, 6.45) is 2.00. The van der Waals surface area contributed by atoms with E-state index in [0.29, 0.717) is 21.8 Å². The Bertz CT molecular complexity index is 1200. The van der Waals surface area contributed by atoms with Crippen molar-refractivity contribution in [3.8, 4) is 11.3 Å². The quantitative estimate of drug-likeness (QED) is 0.500.